The average molecular weight is 352 g/mol. The van der Waals surface area contributed by atoms with Crippen molar-refractivity contribution in [3.05, 3.63) is 41.2 Å². The van der Waals surface area contributed by atoms with Crippen LogP contribution in [0.1, 0.15) is 56.9 Å². The number of terminal acetylenes is 1. The molecule has 0 saturated heterocycles. The summed E-state index contributed by atoms with van der Waals surface area (Å²) in [5, 5.41) is 15.6. The van der Waals surface area contributed by atoms with Crippen LogP contribution in [0.2, 0.25) is 0 Å². The van der Waals surface area contributed by atoms with Crippen LogP contribution in [0.15, 0.2) is 35.6 Å². The predicted molar refractivity (Wildman–Crippen MR) is 101 cm³/mol. The zero-order valence-electron chi connectivity index (χ0n) is 15.0. The smallest absolute Gasteiger partial charge is 0.264 e. The fraction of sp³-hybridized carbons (Fsp3) is 0.429. The number of hydrogen-bond donors (Lipinski definition) is 3. The Hall–Kier alpha value is -2.74. The summed E-state index contributed by atoms with van der Waals surface area (Å²) in [6.45, 7) is 1.60. The predicted octanol–water partition coefficient (Wildman–Crippen LogP) is 3.40. The quantitative estimate of drug-likeness (QED) is 0.574. The minimum atomic E-state index is -1.09. The molecule has 5 nitrogen and oxygen atoms in total. The van der Waals surface area contributed by atoms with Crippen molar-refractivity contribution in [1.29, 1.82) is 0 Å². The first-order valence-electron chi connectivity index (χ1n) is 9.05. The van der Waals surface area contributed by atoms with Crippen molar-refractivity contribution in [3.63, 3.8) is 0 Å². The highest BCUT2D eigenvalue weighted by molar-refractivity contribution is 6.24. The second kappa shape index (κ2) is 7.25. The van der Waals surface area contributed by atoms with Crippen molar-refractivity contribution in [2.75, 3.05) is 5.32 Å². The van der Waals surface area contributed by atoms with Gasteiger partial charge in [-0.25, -0.2) is 0 Å². The topological polar surface area (TPSA) is 78.4 Å². The fourth-order valence-electron chi connectivity index (χ4n) is 3.77. The number of amides is 2. The van der Waals surface area contributed by atoms with E-state index < -0.39 is 17.4 Å². The van der Waals surface area contributed by atoms with Gasteiger partial charge in [-0.1, -0.05) is 31.4 Å². The van der Waals surface area contributed by atoms with Gasteiger partial charge in [0.2, 0.25) is 0 Å². The zero-order chi connectivity index (χ0) is 18.7. The van der Waals surface area contributed by atoms with Gasteiger partial charge in [0.15, 0.2) is 0 Å². The van der Waals surface area contributed by atoms with Crippen molar-refractivity contribution in [1.82, 2.24) is 5.32 Å². The van der Waals surface area contributed by atoms with Crippen LogP contribution in [0.4, 0.5) is 5.69 Å². The summed E-state index contributed by atoms with van der Waals surface area (Å²) in [6, 6.07) is 7.73. The summed E-state index contributed by atoms with van der Waals surface area (Å²) < 4.78 is 0. The lowest BCUT2D eigenvalue weighted by Crippen LogP contribution is -2.41. The zero-order valence-corrected chi connectivity index (χ0v) is 15.0. The average Bonchev–Trinajstić information content (AvgIpc) is 2.85. The van der Waals surface area contributed by atoms with Crippen LogP contribution in [0, 0.1) is 12.3 Å². The van der Waals surface area contributed by atoms with E-state index >= 15 is 0 Å². The van der Waals surface area contributed by atoms with Crippen LogP contribution in [-0.2, 0) is 9.59 Å². The van der Waals surface area contributed by atoms with Gasteiger partial charge >= 0.3 is 0 Å². The van der Waals surface area contributed by atoms with E-state index in [1.807, 2.05) is 24.3 Å². The molecular formula is C21H24N2O3. The van der Waals surface area contributed by atoms with E-state index in [0.29, 0.717) is 11.6 Å². The number of aliphatic hydroxyl groups is 1. The molecule has 0 bridgehead atoms. The fourth-order valence-corrected chi connectivity index (χ4v) is 3.77. The highest BCUT2D eigenvalue weighted by atomic mass is 16.3. The molecule has 1 fully saturated rings. The van der Waals surface area contributed by atoms with Crippen LogP contribution in [0.5, 0.6) is 0 Å². The molecule has 2 amide bonds. The van der Waals surface area contributed by atoms with E-state index in [1.54, 1.807) is 6.92 Å². The van der Waals surface area contributed by atoms with Crippen LogP contribution in [0.3, 0.4) is 0 Å². The lowest BCUT2D eigenvalue weighted by molar-refractivity contribution is -0.121. The molecule has 136 valence electrons. The molecule has 3 rings (SSSR count). The number of carbonyl (C=O) groups excluding carboxylic acids is 2. The second-order valence-corrected chi connectivity index (χ2v) is 7.30. The number of rotatable bonds is 4. The minimum Gasteiger partial charge on any atom is -0.509 e. The maximum absolute atomic E-state index is 12.5. The normalized spacial score (nSPS) is 23.5. The first-order valence-corrected chi connectivity index (χ1v) is 9.05. The molecule has 1 aromatic rings. The Morgan fingerprint density at radius 1 is 1.31 bits per heavy atom. The summed E-state index contributed by atoms with van der Waals surface area (Å²) in [6.07, 6.45) is 11.7. The number of hydrogen-bond acceptors (Lipinski definition) is 3. The third-order valence-electron chi connectivity index (χ3n) is 5.30. The monoisotopic (exact) mass is 352 g/mol. The Bertz CT molecular complexity index is 782. The van der Waals surface area contributed by atoms with E-state index in [2.05, 4.69) is 16.6 Å². The maximum Gasteiger partial charge on any atom is 0.264 e. The summed E-state index contributed by atoms with van der Waals surface area (Å²) in [5.74, 6) is 1.44. The summed E-state index contributed by atoms with van der Waals surface area (Å²) in [5.41, 5.74) is 0.501. The van der Waals surface area contributed by atoms with E-state index in [-0.39, 0.29) is 17.8 Å². The van der Waals surface area contributed by atoms with Gasteiger partial charge in [-0.2, -0.15) is 0 Å². The third kappa shape index (κ3) is 3.45. The number of anilines is 1. The molecule has 1 saturated carbocycles. The summed E-state index contributed by atoms with van der Waals surface area (Å²) in [4.78, 5) is 24.6. The van der Waals surface area contributed by atoms with E-state index in [1.165, 1.54) is 37.7 Å². The van der Waals surface area contributed by atoms with Gasteiger partial charge in [0.25, 0.3) is 11.8 Å². The van der Waals surface area contributed by atoms with E-state index in [9.17, 15) is 14.7 Å². The number of carbonyl (C=O) groups is 2. The Morgan fingerprint density at radius 2 is 1.96 bits per heavy atom. The molecular weight excluding hydrogens is 328 g/mol. The Labute approximate surface area is 153 Å². The molecule has 1 aliphatic carbocycles. The highest BCUT2D eigenvalue weighted by Gasteiger charge is 2.44. The van der Waals surface area contributed by atoms with Crippen LogP contribution in [0.25, 0.3) is 0 Å². The van der Waals surface area contributed by atoms with Crippen LogP contribution >= 0.6 is 0 Å². The van der Waals surface area contributed by atoms with Crippen molar-refractivity contribution in [2.45, 2.75) is 56.9 Å². The molecule has 1 aliphatic heterocycles. The van der Waals surface area contributed by atoms with Crippen molar-refractivity contribution >= 4 is 17.5 Å². The summed E-state index contributed by atoms with van der Waals surface area (Å²) in [7, 11) is 0. The third-order valence-corrected chi connectivity index (χ3v) is 5.30. The summed E-state index contributed by atoms with van der Waals surface area (Å²) >= 11 is 0. The first-order chi connectivity index (χ1) is 12.4. The molecule has 1 unspecified atom stereocenters. The van der Waals surface area contributed by atoms with Gasteiger partial charge in [0, 0.05) is 12.1 Å². The molecule has 0 aromatic heterocycles. The molecule has 1 aromatic carbocycles. The van der Waals surface area contributed by atoms with Crippen LogP contribution < -0.4 is 10.6 Å². The van der Waals surface area contributed by atoms with Gasteiger partial charge in [0.1, 0.15) is 16.9 Å². The van der Waals surface area contributed by atoms with Crippen molar-refractivity contribution < 1.29 is 14.7 Å². The standard InChI is InChI=1S/C21H24N2O3/c1-3-13-21(2)18(24)17(20(26)23-21)19(25)22-16-11-9-15(10-12-16)14-7-5-4-6-8-14/h1,9-12,14,24H,4-8,13H2,2H3,(H,22,25)(H,23,26). The first kappa shape index (κ1) is 18.1. The Morgan fingerprint density at radius 3 is 2.58 bits per heavy atom. The minimum absolute atomic E-state index is 0.109. The van der Waals surface area contributed by atoms with Crippen molar-refractivity contribution in [2.24, 2.45) is 0 Å². The van der Waals surface area contributed by atoms with Gasteiger partial charge in [-0.05, 0) is 43.4 Å². The lowest BCUT2D eigenvalue weighted by atomic mass is 9.84. The molecule has 0 spiro atoms. The van der Waals surface area contributed by atoms with Gasteiger partial charge in [-0.3, -0.25) is 9.59 Å². The van der Waals surface area contributed by atoms with Gasteiger partial charge in [0.05, 0.1) is 0 Å². The highest BCUT2D eigenvalue weighted by Crippen LogP contribution is 2.33. The largest absolute Gasteiger partial charge is 0.509 e. The molecule has 2 aliphatic rings. The maximum atomic E-state index is 12.5. The molecule has 3 N–H and O–H groups in total. The number of aliphatic hydroxyl groups excluding tert-OH is 1. The number of benzene rings is 1. The molecule has 26 heavy (non-hydrogen) atoms. The second-order valence-electron chi connectivity index (χ2n) is 7.30. The van der Waals surface area contributed by atoms with Gasteiger partial charge in [-0.15, -0.1) is 12.3 Å². The van der Waals surface area contributed by atoms with E-state index in [4.69, 9.17) is 6.42 Å². The molecule has 0 radical (unpaired) electrons. The van der Waals surface area contributed by atoms with Crippen LogP contribution in [-0.4, -0.2) is 22.5 Å². The number of nitrogens with one attached hydrogen (secondary N) is 2. The molecule has 1 atom stereocenters. The SMILES string of the molecule is C#CCC1(C)NC(=O)C(C(=O)Nc2ccc(C3CCCCC3)cc2)=C1O. The Balaban J connectivity index is 1.72. The lowest BCUT2D eigenvalue weighted by Gasteiger charge is -2.22. The Kier molecular flexibility index (Phi) is 5.03. The van der Waals surface area contributed by atoms with Gasteiger partial charge < -0.3 is 15.7 Å². The molecule has 1 heterocycles. The van der Waals surface area contributed by atoms with E-state index in [0.717, 1.165) is 0 Å². The molecule has 5 heteroatoms. The van der Waals surface area contributed by atoms with Crippen molar-refractivity contribution in [3.8, 4) is 12.3 Å².